The molecule has 2 N–H and O–H groups in total. The predicted octanol–water partition coefficient (Wildman–Crippen LogP) is 3.83. The van der Waals surface area contributed by atoms with Crippen LogP contribution in [0.5, 0.6) is 5.75 Å². The van der Waals surface area contributed by atoms with Gasteiger partial charge in [-0.15, -0.1) is 0 Å². The molecule has 26 heavy (non-hydrogen) atoms. The summed E-state index contributed by atoms with van der Waals surface area (Å²) in [6.45, 7) is 1.13. The number of likely N-dealkylation sites (N-methyl/N-ethyl adjacent to an activating group) is 1. The predicted molar refractivity (Wildman–Crippen MR) is 98.0 cm³/mol. The number of alkyl halides is 2. The monoisotopic (exact) mass is 363 g/mol. The summed E-state index contributed by atoms with van der Waals surface area (Å²) < 4.78 is 28.1. The van der Waals surface area contributed by atoms with Crippen molar-refractivity contribution in [1.29, 1.82) is 0 Å². The maximum absolute atomic E-state index is 12.0. The topological polar surface area (TPSA) is 67.9 Å². The normalized spacial score (nSPS) is 15.5. The standard InChI is InChI=1S/C11H11F2N3O2.C6H6.C2H6/c1-16-9(17)8(15-11(16)14)6-2-4-7(5-3-6)18-10(12)13;1-2-4-6-5-3-1;1-2/h2-5,8,10H,1H3,(H2,14,15);1-6H;1-2H3. The van der Waals surface area contributed by atoms with Gasteiger partial charge in [-0.25, -0.2) is 4.99 Å². The zero-order valence-electron chi connectivity index (χ0n) is 15.0. The lowest BCUT2D eigenvalue weighted by atomic mass is 10.1. The van der Waals surface area contributed by atoms with Gasteiger partial charge in [0.05, 0.1) is 0 Å². The zero-order valence-corrected chi connectivity index (χ0v) is 15.0. The molecular weight excluding hydrogens is 340 g/mol. The molecule has 5 nitrogen and oxygen atoms in total. The van der Waals surface area contributed by atoms with E-state index < -0.39 is 12.7 Å². The van der Waals surface area contributed by atoms with Crippen molar-refractivity contribution in [2.75, 3.05) is 7.05 Å². The Morgan fingerprint density at radius 2 is 1.50 bits per heavy atom. The van der Waals surface area contributed by atoms with Gasteiger partial charge < -0.3 is 10.5 Å². The van der Waals surface area contributed by atoms with Crippen LogP contribution in [0, 0.1) is 0 Å². The van der Waals surface area contributed by atoms with Crippen molar-refractivity contribution < 1.29 is 18.3 Å². The van der Waals surface area contributed by atoms with E-state index in [9.17, 15) is 13.6 Å². The lowest BCUT2D eigenvalue weighted by Crippen LogP contribution is -2.34. The number of nitrogens with two attached hydrogens (primary N) is 1. The van der Waals surface area contributed by atoms with Gasteiger partial charge in [-0.2, -0.15) is 8.78 Å². The molecule has 1 aliphatic rings. The first-order valence-electron chi connectivity index (χ1n) is 8.14. The Kier molecular flexibility index (Phi) is 8.77. The van der Waals surface area contributed by atoms with E-state index in [0.717, 1.165) is 0 Å². The molecule has 1 amide bonds. The van der Waals surface area contributed by atoms with E-state index in [2.05, 4.69) is 9.73 Å². The molecule has 1 unspecified atom stereocenters. The number of rotatable bonds is 3. The van der Waals surface area contributed by atoms with Gasteiger partial charge in [0.1, 0.15) is 5.75 Å². The molecule has 0 aromatic heterocycles. The van der Waals surface area contributed by atoms with E-state index in [1.54, 1.807) is 0 Å². The molecule has 0 fully saturated rings. The molecule has 2 aromatic rings. The van der Waals surface area contributed by atoms with Crippen molar-refractivity contribution in [3.8, 4) is 5.75 Å². The molecule has 0 saturated heterocycles. The fourth-order valence-electron chi connectivity index (χ4n) is 2.00. The lowest BCUT2D eigenvalue weighted by Gasteiger charge is -2.10. The fourth-order valence-corrected chi connectivity index (χ4v) is 2.00. The SMILES string of the molecule is CC.CN1C(=O)C(c2ccc(OC(F)F)cc2)N=C1N.c1ccccc1. The number of carbonyl (C=O) groups excluding carboxylic acids is 1. The number of benzene rings is 2. The van der Waals surface area contributed by atoms with E-state index in [0.29, 0.717) is 5.56 Å². The van der Waals surface area contributed by atoms with Crippen LogP contribution in [0.1, 0.15) is 25.5 Å². The Hall–Kier alpha value is -2.96. The molecule has 2 aromatic carbocycles. The van der Waals surface area contributed by atoms with Crippen molar-refractivity contribution in [3.63, 3.8) is 0 Å². The summed E-state index contributed by atoms with van der Waals surface area (Å²) in [6.07, 6.45) is 0. The highest BCUT2D eigenvalue weighted by molar-refractivity contribution is 6.04. The Morgan fingerprint density at radius 3 is 1.85 bits per heavy atom. The third-order valence-electron chi connectivity index (χ3n) is 3.26. The number of aliphatic imine (C=N–C) groups is 1. The molecule has 0 bridgehead atoms. The van der Waals surface area contributed by atoms with Crippen molar-refractivity contribution >= 4 is 11.9 Å². The molecule has 0 aliphatic carbocycles. The number of carbonyl (C=O) groups is 1. The lowest BCUT2D eigenvalue weighted by molar-refractivity contribution is -0.126. The number of hydrogen-bond donors (Lipinski definition) is 1. The number of nitrogens with zero attached hydrogens (tertiary/aromatic N) is 2. The third kappa shape index (κ3) is 6.16. The summed E-state index contributed by atoms with van der Waals surface area (Å²) in [4.78, 5) is 17.0. The summed E-state index contributed by atoms with van der Waals surface area (Å²) >= 11 is 0. The van der Waals surface area contributed by atoms with Gasteiger partial charge in [0.25, 0.3) is 5.91 Å². The van der Waals surface area contributed by atoms with Gasteiger partial charge in [-0.3, -0.25) is 9.69 Å². The number of guanidine groups is 1. The van der Waals surface area contributed by atoms with Crippen LogP contribution < -0.4 is 10.5 Å². The highest BCUT2D eigenvalue weighted by atomic mass is 19.3. The Balaban J connectivity index is 0.000000353. The Labute approximate surface area is 152 Å². The highest BCUT2D eigenvalue weighted by Gasteiger charge is 2.31. The largest absolute Gasteiger partial charge is 0.435 e. The average molecular weight is 363 g/mol. The average Bonchev–Trinajstić information content (AvgIpc) is 2.93. The van der Waals surface area contributed by atoms with Gasteiger partial charge >= 0.3 is 6.61 Å². The summed E-state index contributed by atoms with van der Waals surface area (Å²) in [5.74, 6) is -0.0857. The van der Waals surface area contributed by atoms with Crippen LogP contribution in [-0.2, 0) is 4.79 Å². The first-order chi connectivity index (χ1) is 12.5. The van der Waals surface area contributed by atoms with Crippen molar-refractivity contribution in [1.82, 2.24) is 4.90 Å². The van der Waals surface area contributed by atoms with Gasteiger partial charge in [0, 0.05) is 7.05 Å². The number of hydrogen-bond acceptors (Lipinski definition) is 4. The van der Waals surface area contributed by atoms with Crippen molar-refractivity contribution in [2.24, 2.45) is 10.7 Å². The second-order valence-electron chi connectivity index (χ2n) is 4.89. The maximum Gasteiger partial charge on any atom is 0.387 e. The second-order valence-corrected chi connectivity index (χ2v) is 4.89. The smallest absolute Gasteiger partial charge is 0.387 e. The first kappa shape index (κ1) is 21.1. The molecular formula is C19H23F2N3O2. The van der Waals surface area contributed by atoms with Crippen molar-refractivity contribution in [2.45, 2.75) is 26.5 Å². The maximum atomic E-state index is 12.0. The minimum atomic E-state index is -2.87. The number of halogens is 2. The molecule has 7 heteroatoms. The molecule has 0 spiro atoms. The summed E-state index contributed by atoms with van der Waals surface area (Å²) in [5, 5.41) is 0. The van der Waals surface area contributed by atoms with Gasteiger partial charge in [-0.05, 0) is 17.7 Å². The summed E-state index contributed by atoms with van der Waals surface area (Å²) in [6, 6.07) is 17.0. The van der Waals surface area contributed by atoms with Crippen LogP contribution in [0.15, 0.2) is 65.7 Å². The van der Waals surface area contributed by atoms with Crippen LogP contribution in [0.4, 0.5) is 8.78 Å². The van der Waals surface area contributed by atoms with E-state index in [1.807, 2.05) is 50.2 Å². The minimum absolute atomic E-state index is 0.0319. The first-order valence-corrected chi connectivity index (χ1v) is 8.14. The molecule has 140 valence electrons. The molecule has 1 aliphatic heterocycles. The van der Waals surface area contributed by atoms with Crippen LogP contribution in [0.25, 0.3) is 0 Å². The quantitative estimate of drug-likeness (QED) is 0.901. The molecule has 0 radical (unpaired) electrons. The van der Waals surface area contributed by atoms with E-state index in [1.165, 1.54) is 36.2 Å². The number of ether oxygens (including phenoxy) is 1. The van der Waals surface area contributed by atoms with Crippen molar-refractivity contribution in [3.05, 3.63) is 66.2 Å². The van der Waals surface area contributed by atoms with Crippen LogP contribution >= 0.6 is 0 Å². The Morgan fingerprint density at radius 1 is 1.04 bits per heavy atom. The van der Waals surface area contributed by atoms with Crippen LogP contribution in [-0.4, -0.2) is 30.4 Å². The summed E-state index contributed by atoms with van der Waals surface area (Å²) in [5.41, 5.74) is 6.10. The van der Waals surface area contributed by atoms with E-state index >= 15 is 0 Å². The van der Waals surface area contributed by atoms with Crippen LogP contribution in [0.3, 0.4) is 0 Å². The van der Waals surface area contributed by atoms with E-state index in [4.69, 9.17) is 5.73 Å². The molecule has 0 saturated carbocycles. The Bertz CT molecular complexity index is 665. The summed E-state index contributed by atoms with van der Waals surface area (Å²) in [7, 11) is 1.52. The zero-order chi connectivity index (χ0) is 19.5. The fraction of sp³-hybridized carbons (Fsp3) is 0.263. The van der Waals surface area contributed by atoms with Gasteiger partial charge in [-0.1, -0.05) is 62.4 Å². The van der Waals surface area contributed by atoms with Gasteiger partial charge in [0.2, 0.25) is 0 Å². The highest BCUT2D eigenvalue weighted by Crippen LogP contribution is 2.26. The van der Waals surface area contributed by atoms with Crippen LogP contribution in [0.2, 0.25) is 0 Å². The third-order valence-corrected chi connectivity index (χ3v) is 3.26. The second kappa shape index (κ2) is 10.8. The molecule has 1 heterocycles. The minimum Gasteiger partial charge on any atom is -0.435 e. The van der Waals surface area contributed by atoms with Gasteiger partial charge in [0.15, 0.2) is 12.0 Å². The molecule has 1 atom stereocenters. The van der Waals surface area contributed by atoms with E-state index in [-0.39, 0.29) is 17.6 Å². The number of amides is 1. The molecule has 3 rings (SSSR count).